The maximum atomic E-state index is 12.4. The van der Waals surface area contributed by atoms with Crippen molar-refractivity contribution < 1.29 is 4.79 Å². The summed E-state index contributed by atoms with van der Waals surface area (Å²) < 4.78 is 0. The van der Waals surface area contributed by atoms with E-state index in [9.17, 15) is 4.79 Å². The number of nitrogens with one attached hydrogen (secondary N) is 1. The first kappa shape index (κ1) is 19.6. The Kier molecular flexibility index (Phi) is 7.43. The van der Waals surface area contributed by atoms with E-state index >= 15 is 0 Å². The molecule has 1 N–H and O–H groups in total. The number of benzene rings is 2. The quantitative estimate of drug-likeness (QED) is 0.781. The van der Waals surface area contributed by atoms with Crippen molar-refractivity contribution in [3.05, 3.63) is 71.8 Å². The van der Waals surface area contributed by atoms with E-state index in [1.165, 1.54) is 11.1 Å². The number of nitrogens with zero attached hydrogens (tertiary/aromatic N) is 2. The minimum Gasteiger partial charge on any atom is -0.354 e. The van der Waals surface area contributed by atoms with Gasteiger partial charge in [0.2, 0.25) is 5.91 Å². The van der Waals surface area contributed by atoms with Crippen molar-refractivity contribution in [2.45, 2.75) is 25.8 Å². The largest absolute Gasteiger partial charge is 0.354 e. The molecule has 3 rings (SSSR count). The van der Waals surface area contributed by atoms with E-state index in [0.29, 0.717) is 13.0 Å². The SMILES string of the molecule is CCN1CCN(C(CNC(=O)CCc2ccccc2)c2ccccc2)CC1. The van der Waals surface area contributed by atoms with Crippen LogP contribution in [-0.2, 0) is 11.2 Å². The second-order valence-electron chi connectivity index (χ2n) is 7.19. The van der Waals surface area contributed by atoms with Crippen LogP contribution < -0.4 is 5.32 Å². The van der Waals surface area contributed by atoms with Crippen molar-refractivity contribution in [2.24, 2.45) is 0 Å². The molecule has 4 heteroatoms. The standard InChI is InChI=1S/C23H31N3O/c1-2-25-15-17-26(18-16-25)22(21-11-7-4-8-12-21)19-24-23(27)14-13-20-9-5-3-6-10-20/h3-12,22H,2,13-19H2,1H3,(H,24,27). The second kappa shape index (κ2) is 10.2. The molecule has 1 atom stereocenters. The molecule has 0 bridgehead atoms. The van der Waals surface area contributed by atoms with Gasteiger partial charge in [0.05, 0.1) is 6.04 Å². The van der Waals surface area contributed by atoms with Gasteiger partial charge in [0.25, 0.3) is 0 Å². The number of hydrogen-bond donors (Lipinski definition) is 1. The summed E-state index contributed by atoms with van der Waals surface area (Å²) in [4.78, 5) is 17.4. The van der Waals surface area contributed by atoms with Crippen LogP contribution in [0.1, 0.15) is 30.5 Å². The van der Waals surface area contributed by atoms with Gasteiger partial charge in [-0.2, -0.15) is 0 Å². The van der Waals surface area contributed by atoms with Gasteiger partial charge in [-0.25, -0.2) is 0 Å². The van der Waals surface area contributed by atoms with Crippen molar-refractivity contribution in [2.75, 3.05) is 39.3 Å². The average Bonchev–Trinajstić information content (AvgIpc) is 2.74. The van der Waals surface area contributed by atoms with Gasteiger partial charge in [0.15, 0.2) is 0 Å². The number of rotatable bonds is 8. The third-order valence-electron chi connectivity index (χ3n) is 5.46. The first-order valence-electron chi connectivity index (χ1n) is 10.1. The minimum absolute atomic E-state index is 0.131. The number of carbonyl (C=O) groups excluding carboxylic acids is 1. The predicted molar refractivity (Wildman–Crippen MR) is 111 cm³/mol. The van der Waals surface area contributed by atoms with Crippen molar-refractivity contribution in [1.82, 2.24) is 15.1 Å². The molecule has 2 aromatic rings. The van der Waals surface area contributed by atoms with Crippen molar-refractivity contribution in [1.29, 1.82) is 0 Å². The first-order valence-corrected chi connectivity index (χ1v) is 10.1. The van der Waals surface area contributed by atoms with Crippen LogP contribution in [-0.4, -0.2) is 55.0 Å². The zero-order valence-corrected chi connectivity index (χ0v) is 16.3. The Bertz CT molecular complexity index is 681. The van der Waals surface area contributed by atoms with Crippen molar-refractivity contribution >= 4 is 5.91 Å². The van der Waals surface area contributed by atoms with Gasteiger partial charge in [-0.05, 0) is 24.1 Å². The molecule has 27 heavy (non-hydrogen) atoms. The summed E-state index contributed by atoms with van der Waals surface area (Å²) in [5, 5.41) is 3.18. The number of carbonyl (C=O) groups is 1. The van der Waals surface area contributed by atoms with Gasteiger partial charge in [0, 0.05) is 39.1 Å². The van der Waals surface area contributed by atoms with E-state index in [-0.39, 0.29) is 11.9 Å². The summed E-state index contributed by atoms with van der Waals surface area (Å²) in [5.74, 6) is 0.131. The highest BCUT2D eigenvalue weighted by molar-refractivity contribution is 5.76. The molecule has 1 fully saturated rings. The highest BCUT2D eigenvalue weighted by atomic mass is 16.1. The lowest BCUT2D eigenvalue weighted by Crippen LogP contribution is -2.49. The number of amides is 1. The molecule has 0 spiro atoms. The first-order chi connectivity index (χ1) is 13.3. The van der Waals surface area contributed by atoms with E-state index in [0.717, 1.165) is 39.1 Å². The van der Waals surface area contributed by atoms with Crippen molar-refractivity contribution in [3.63, 3.8) is 0 Å². The van der Waals surface area contributed by atoms with Gasteiger partial charge in [0.1, 0.15) is 0 Å². The summed E-state index contributed by atoms with van der Waals surface area (Å²) in [6.07, 6.45) is 1.33. The Hall–Kier alpha value is -2.17. The number of hydrogen-bond acceptors (Lipinski definition) is 3. The zero-order chi connectivity index (χ0) is 18.9. The monoisotopic (exact) mass is 365 g/mol. The maximum absolute atomic E-state index is 12.4. The van der Waals surface area contributed by atoms with E-state index in [1.54, 1.807) is 0 Å². The highest BCUT2D eigenvalue weighted by Crippen LogP contribution is 2.21. The Balaban J connectivity index is 1.56. The summed E-state index contributed by atoms with van der Waals surface area (Å²) in [7, 11) is 0. The summed E-state index contributed by atoms with van der Waals surface area (Å²) >= 11 is 0. The number of aryl methyl sites for hydroxylation is 1. The van der Waals surface area contributed by atoms with E-state index < -0.39 is 0 Å². The topological polar surface area (TPSA) is 35.6 Å². The molecule has 0 radical (unpaired) electrons. The third kappa shape index (κ3) is 5.91. The van der Waals surface area contributed by atoms with Crippen LogP contribution in [0.5, 0.6) is 0 Å². The lowest BCUT2D eigenvalue weighted by atomic mass is 10.0. The Morgan fingerprint density at radius 2 is 1.59 bits per heavy atom. The van der Waals surface area contributed by atoms with Crippen LogP contribution in [0, 0.1) is 0 Å². The fourth-order valence-corrected chi connectivity index (χ4v) is 3.73. The van der Waals surface area contributed by atoms with E-state index in [4.69, 9.17) is 0 Å². The molecule has 4 nitrogen and oxygen atoms in total. The molecule has 0 aliphatic carbocycles. The molecule has 1 saturated heterocycles. The van der Waals surface area contributed by atoms with Crippen LogP contribution in [0.25, 0.3) is 0 Å². The molecule has 1 heterocycles. The second-order valence-corrected chi connectivity index (χ2v) is 7.19. The van der Waals surface area contributed by atoms with Crippen LogP contribution in [0.2, 0.25) is 0 Å². The Morgan fingerprint density at radius 1 is 0.963 bits per heavy atom. The molecule has 0 saturated carbocycles. The molecule has 1 aliphatic heterocycles. The van der Waals surface area contributed by atoms with Crippen LogP contribution in [0.4, 0.5) is 0 Å². The fourth-order valence-electron chi connectivity index (χ4n) is 3.73. The summed E-state index contributed by atoms with van der Waals surface area (Å²) in [6, 6.07) is 21.0. The van der Waals surface area contributed by atoms with Crippen LogP contribution in [0.15, 0.2) is 60.7 Å². The molecule has 1 aliphatic rings. The van der Waals surface area contributed by atoms with E-state index in [1.807, 2.05) is 24.3 Å². The molecule has 0 aromatic heterocycles. The Labute approximate surface area is 163 Å². The van der Waals surface area contributed by atoms with Gasteiger partial charge in [-0.15, -0.1) is 0 Å². The predicted octanol–water partition coefficient (Wildman–Crippen LogP) is 3.11. The third-order valence-corrected chi connectivity index (χ3v) is 5.46. The minimum atomic E-state index is 0.131. The number of likely N-dealkylation sites (N-methyl/N-ethyl adjacent to an activating group) is 1. The zero-order valence-electron chi connectivity index (χ0n) is 16.3. The smallest absolute Gasteiger partial charge is 0.220 e. The lowest BCUT2D eigenvalue weighted by molar-refractivity contribution is -0.121. The van der Waals surface area contributed by atoms with Gasteiger partial charge >= 0.3 is 0 Å². The van der Waals surface area contributed by atoms with E-state index in [2.05, 4.69) is 58.4 Å². The Morgan fingerprint density at radius 3 is 2.22 bits per heavy atom. The lowest BCUT2D eigenvalue weighted by Gasteiger charge is -2.39. The van der Waals surface area contributed by atoms with Gasteiger partial charge in [-0.1, -0.05) is 67.6 Å². The molecule has 1 unspecified atom stereocenters. The maximum Gasteiger partial charge on any atom is 0.220 e. The van der Waals surface area contributed by atoms with Crippen LogP contribution >= 0.6 is 0 Å². The summed E-state index contributed by atoms with van der Waals surface area (Å²) in [6.45, 7) is 8.30. The summed E-state index contributed by atoms with van der Waals surface area (Å²) in [5.41, 5.74) is 2.49. The highest BCUT2D eigenvalue weighted by Gasteiger charge is 2.24. The molecule has 2 aromatic carbocycles. The molecular formula is C23H31N3O. The van der Waals surface area contributed by atoms with Crippen LogP contribution in [0.3, 0.4) is 0 Å². The molecule has 1 amide bonds. The normalized spacial score (nSPS) is 16.8. The molecule has 144 valence electrons. The number of piperazine rings is 1. The fraction of sp³-hybridized carbons (Fsp3) is 0.435. The van der Waals surface area contributed by atoms with Gasteiger partial charge < -0.3 is 10.2 Å². The van der Waals surface area contributed by atoms with Crippen molar-refractivity contribution in [3.8, 4) is 0 Å². The average molecular weight is 366 g/mol. The molecular weight excluding hydrogens is 334 g/mol. The van der Waals surface area contributed by atoms with Gasteiger partial charge in [-0.3, -0.25) is 9.69 Å².